The fourth-order valence-corrected chi connectivity index (χ4v) is 3.25. The highest BCUT2D eigenvalue weighted by Gasteiger charge is 2.26. The third-order valence-corrected chi connectivity index (χ3v) is 4.81. The summed E-state index contributed by atoms with van der Waals surface area (Å²) in [5.41, 5.74) is 7.57. The van der Waals surface area contributed by atoms with Crippen molar-refractivity contribution in [3.05, 3.63) is 29.8 Å². The molecule has 1 saturated heterocycles. The van der Waals surface area contributed by atoms with Crippen molar-refractivity contribution in [1.82, 2.24) is 4.90 Å². The van der Waals surface area contributed by atoms with Crippen molar-refractivity contribution in [3.8, 4) is 0 Å². The number of hydrogen-bond acceptors (Lipinski definition) is 2. The van der Waals surface area contributed by atoms with E-state index in [4.69, 9.17) is 5.73 Å². The molecule has 1 aromatic rings. The van der Waals surface area contributed by atoms with E-state index in [1.807, 2.05) is 31.2 Å². The van der Waals surface area contributed by atoms with E-state index >= 15 is 0 Å². The number of nitrogens with zero attached hydrogens (tertiary/aromatic N) is 1. The van der Waals surface area contributed by atoms with Gasteiger partial charge < -0.3 is 10.6 Å². The van der Waals surface area contributed by atoms with Gasteiger partial charge in [-0.25, -0.2) is 0 Å². The average molecular weight is 288 g/mol. The lowest BCUT2D eigenvalue weighted by atomic mass is 9.89. The highest BCUT2D eigenvalue weighted by Crippen LogP contribution is 2.27. The van der Waals surface area contributed by atoms with Crippen LogP contribution in [0.5, 0.6) is 0 Å². The van der Waals surface area contributed by atoms with E-state index in [0.717, 1.165) is 43.1 Å². The number of amides is 1. The van der Waals surface area contributed by atoms with Crippen LogP contribution < -0.4 is 5.73 Å². The molecular weight excluding hydrogens is 260 g/mol. The molecule has 1 aliphatic heterocycles. The minimum Gasteiger partial charge on any atom is -0.399 e. The normalized spacial score (nSPS) is 21.1. The molecule has 2 unspecified atom stereocenters. The van der Waals surface area contributed by atoms with Gasteiger partial charge in [0, 0.05) is 18.8 Å². The van der Waals surface area contributed by atoms with E-state index in [1.54, 1.807) is 0 Å². The van der Waals surface area contributed by atoms with Crippen molar-refractivity contribution in [2.75, 3.05) is 18.8 Å². The van der Waals surface area contributed by atoms with Crippen LogP contribution in [0, 0.1) is 11.8 Å². The monoisotopic (exact) mass is 288 g/mol. The van der Waals surface area contributed by atoms with Crippen molar-refractivity contribution in [2.45, 2.75) is 46.0 Å². The Bertz CT molecular complexity index is 484. The minimum absolute atomic E-state index is 0.107. The molecule has 0 radical (unpaired) electrons. The van der Waals surface area contributed by atoms with Crippen LogP contribution in [-0.4, -0.2) is 23.9 Å². The Balaban J connectivity index is 2.02. The molecule has 0 aromatic heterocycles. The maximum atomic E-state index is 12.7. The molecule has 0 saturated carbocycles. The van der Waals surface area contributed by atoms with Gasteiger partial charge in [0.25, 0.3) is 0 Å². The first-order valence-electron chi connectivity index (χ1n) is 8.13. The van der Waals surface area contributed by atoms with Crippen LogP contribution in [0.25, 0.3) is 0 Å². The molecule has 3 heteroatoms. The Morgan fingerprint density at radius 2 is 2.00 bits per heavy atom. The summed E-state index contributed by atoms with van der Waals surface area (Å²) < 4.78 is 0. The number of hydrogen-bond donors (Lipinski definition) is 1. The Labute approximate surface area is 128 Å². The SMILES string of the molecule is CC(C(=O)N1CCCC(C(C)C)CC1)c1cccc(N)c1. The van der Waals surface area contributed by atoms with E-state index in [-0.39, 0.29) is 11.8 Å². The Kier molecular flexibility index (Phi) is 5.27. The van der Waals surface area contributed by atoms with Crippen LogP contribution >= 0.6 is 0 Å². The lowest BCUT2D eigenvalue weighted by molar-refractivity contribution is -0.132. The molecule has 1 heterocycles. The molecule has 1 fully saturated rings. The van der Waals surface area contributed by atoms with Crippen molar-refractivity contribution < 1.29 is 4.79 Å². The Morgan fingerprint density at radius 3 is 2.67 bits per heavy atom. The van der Waals surface area contributed by atoms with E-state index in [9.17, 15) is 4.79 Å². The maximum Gasteiger partial charge on any atom is 0.229 e. The van der Waals surface area contributed by atoms with Crippen LogP contribution in [0.15, 0.2) is 24.3 Å². The van der Waals surface area contributed by atoms with Gasteiger partial charge in [-0.15, -0.1) is 0 Å². The summed E-state index contributed by atoms with van der Waals surface area (Å²) >= 11 is 0. The molecule has 21 heavy (non-hydrogen) atoms. The predicted molar refractivity (Wildman–Crippen MR) is 88.0 cm³/mol. The summed E-state index contributed by atoms with van der Waals surface area (Å²) in [6.45, 7) is 8.36. The molecule has 1 aliphatic rings. The zero-order valence-corrected chi connectivity index (χ0v) is 13.5. The first kappa shape index (κ1) is 15.9. The van der Waals surface area contributed by atoms with E-state index < -0.39 is 0 Å². The molecule has 0 aliphatic carbocycles. The third kappa shape index (κ3) is 3.99. The smallest absolute Gasteiger partial charge is 0.229 e. The number of nitrogens with two attached hydrogens (primary N) is 1. The van der Waals surface area contributed by atoms with Gasteiger partial charge >= 0.3 is 0 Å². The van der Waals surface area contributed by atoms with Gasteiger partial charge in [-0.05, 0) is 55.7 Å². The lowest BCUT2D eigenvalue weighted by Crippen LogP contribution is -2.35. The lowest BCUT2D eigenvalue weighted by Gasteiger charge is -2.25. The van der Waals surface area contributed by atoms with E-state index in [2.05, 4.69) is 18.7 Å². The molecule has 3 nitrogen and oxygen atoms in total. The number of anilines is 1. The number of benzene rings is 1. The van der Waals surface area contributed by atoms with Crippen LogP contribution in [0.2, 0.25) is 0 Å². The van der Waals surface area contributed by atoms with Gasteiger partial charge in [0.05, 0.1) is 5.92 Å². The summed E-state index contributed by atoms with van der Waals surface area (Å²) in [6.07, 6.45) is 3.50. The van der Waals surface area contributed by atoms with E-state index in [0.29, 0.717) is 5.92 Å². The van der Waals surface area contributed by atoms with Crippen LogP contribution in [0.4, 0.5) is 5.69 Å². The second-order valence-corrected chi connectivity index (χ2v) is 6.65. The molecular formula is C18H28N2O. The standard InChI is InChI=1S/C18H28N2O/c1-13(2)15-7-5-10-20(11-9-15)18(21)14(3)16-6-4-8-17(19)12-16/h4,6,8,12-15H,5,7,9-11,19H2,1-3H3. The van der Waals surface area contributed by atoms with Crippen LogP contribution in [-0.2, 0) is 4.79 Å². The van der Waals surface area contributed by atoms with Crippen molar-refractivity contribution in [2.24, 2.45) is 11.8 Å². The summed E-state index contributed by atoms with van der Waals surface area (Å²) in [5, 5.41) is 0. The fraction of sp³-hybridized carbons (Fsp3) is 0.611. The second-order valence-electron chi connectivity index (χ2n) is 6.65. The quantitative estimate of drug-likeness (QED) is 0.863. The highest BCUT2D eigenvalue weighted by molar-refractivity contribution is 5.83. The number of carbonyl (C=O) groups is 1. The van der Waals surface area contributed by atoms with Crippen molar-refractivity contribution in [3.63, 3.8) is 0 Å². The maximum absolute atomic E-state index is 12.7. The molecule has 1 amide bonds. The van der Waals surface area contributed by atoms with Gasteiger partial charge in [-0.3, -0.25) is 4.79 Å². The topological polar surface area (TPSA) is 46.3 Å². The van der Waals surface area contributed by atoms with Crippen molar-refractivity contribution in [1.29, 1.82) is 0 Å². The van der Waals surface area contributed by atoms with E-state index in [1.165, 1.54) is 6.42 Å². The third-order valence-electron chi connectivity index (χ3n) is 4.81. The zero-order valence-electron chi connectivity index (χ0n) is 13.5. The molecule has 0 bridgehead atoms. The first-order valence-corrected chi connectivity index (χ1v) is 8.13. The van der Waals surface area contributed by atoms with Crippen LogP contribution in [0.1, 0.15) is 51.5 Å². The Hall–Kier alpha value is -1.51. The predicted octanol–water partition coefficient (Wildman–Crippen LogP) is 3.66. The summed E-state index contributed by atoms with van der Waals surface area (Å²) in [6, 6.07) is 7.69. The molecule has 1 aromatic carbocycles. The minimum atomic E-state index is -0.107. The number of nitrogen functional groups attached to an aromatic ring is 1. The summed E-state index contributed by atoms with van der Waals surface area (Å²) in [5.74, 6) is 1.60. The van der Waals surface area contributed by atoms with Crippen LogP contribution in [0.3, 0.4) is 0 Å². The Morgan fingerprint density at radius 1 is 1.24 bits per heavy atom. The number of rotatable bonds is 3. The molecule has 116 valence electrons. The average Bonchev–Trinajstić information content (AvgIpc) is 2.71. The molecule has 0 spiro atoms. The highest BCUT2D eigenvalue weighted by atomic mass is 16.2. The zero-order chi connectivity index (χ0) is 15.4. The van der Waals surface area contributed by atoms with Crippen molar-refractivity contribution >= 4 is 11.6 Å². The fourth-order valence-electron chi connectivity index (χ4n) is 3.25. The largest absolute Gasteiger partial charge is 0.399 e. The molecule has 2 N–H and O–H groups in total. The van der Waals surface area contributed by atoms with Gasteiger partial charge in [0.2, 0.25) is 5.91 Å². The van der Waals surface area contributed by atoms with Gasteiger partial charge in [-0.2, -0.15) is 0 Å². The summed E-state index contributed by atoms with van der Waals surface area (Å²) in [4.78, 5) is 14.8. The molecule has 2 rings (SSSR count). The number of carbonyl (C=O) groups excluding carboxylic acids is 1. The first-order chi connectivity index (χ1) is 9.99. The van der Waals surface area contributed by atoms with Gasteiger partial charge in [0.15, 0.2) is 0 Å². The number of likely N-dealkylation sites (tertiary alicyclic amines) is 1. The second kappa shape index (κ2) is 6.97. The molecule has 2 atom stereocenters. The van der Waals surface area contributed by atoms with Gasteiger partial charge in [-0.1, -0.05) is 26.0 Å². The summed E-state index contributed by atoms with van der Waals surface area (Å²) in [7, 11) is 0. The van der Waals surface area contributed by atoms with Gasteiger partial charge in [0.1, 0.15) is 0 Å².